The second kappa shape index (κ2) is 22.9. The fourth-order valence-electron chi connectivity index (χ4n) is 0.439. The highest BCUT2D eigenvalue weighted by Crippen LogP contribution is 2.13. The van der Waals surface area contributed by atoms with Gasteiger partial charge in [-0.1, -0.05) is 0 Å². The summed E-state index contributed by atoms with van der Waals surface area (Å²) < 4.78 is 0. The molecule has 0 radical (unpaired) electrons. The average molecular weight is 373 g/mol. The Kier molecular flexibility index (Phi) is 30.3. The first-order valence-corrected chi connectivity index (χ1v) is 11.7. The molecule has 0 aromatic carbocycles. The highest BCUT2D eigenvalue weighted by atomic mass is 32.2. The lowest BCUT2D eigenvalue weighted by atomic mass is 11.0. The average Bonchev–Trinajstić information content (AvgIpc) is 2.31. The smallest absolute Gasteiger partial charge is 0.0408 e. The Hall–Kier alpha value is 2.80. The number of thioether (sulfide) groups is 4. The van der Waals surface area contributed by atoms with Crippen molar-refractivity contribution in [2.45, 2.75) is 0 Å². The molecule has 0 bridgehead atoms. The quantitative estimate of drug-likeness (QED) is 0.254. The third kappa shape index (κ3) is 25.6. The molecule has 0 aromatic rings. The molecule has 100 valence electrons. The van der Waals surface area contributed by atoms with Crippen LogP contribution >= 0.6 is 97.6 Å². The minimum Gasteiger partial charge on any atom is -0.179 e. The van der Waals surface area contributed by atoms with Crippen molar-refractivity contribution in [1.29, 1.82) is 0 Å². The van der Waals surface area contributed by atoms with Crippen LogP contribution in [0.15, 0.2) is 0 Å². The number of thiol groups is 4. The Morgan fingerprint density at radius 1 is 0.562 bits per heavy atom. The fraction of sp³-hybridized carbons (Fsp3) is 1.00. The van der Waals surface area contributed by atoms with Crippen molar-refractivity contribution >= 4 is 97.6 Å². The molecule has 0 N–H and O–H groups in total. The predicted octanol–water partition coefficient (Wildman–Crippen LogP) is 4.45. The predicted molar refractivity (Wildman–Crippen MR) is 105 cm³/mol. The van der Waals surface area contributed by atoms with Crippen molar-refractivity contribution in [3.63, 3.8) is 0 Å². The molecule has 0 aromatic heterocycles. The molecule has 0 aliphatic carbocycles. The van der Waals surface area contributed by atoms with Crippen LogP contribution in [0.1, 0.15) is 0 Å². The van der Waals surface area contributed by atoms with E-state index in [4.69, 9.17) is 0 Å². The van der Waals surface area contributed by atoms with Crippen LogP contribution < -0.4 is 0 Å². The molecule has 0 unspecified atom stereocenters. The largest absolute Gasteiger partial charge is 0.179 e. The van der Waals surface area contributed by atoms with Crippen LogP contribution in [-0.2, 0) is 0 Å². The van der Waals surface area contributed by atoms with Crippen LogP contribution in [0, 0.1) is 0 Å². The van der Waals surface area contributed by atoms with Crippen molar-refractivity contribution in [1.82, 2.24) is 0 Å². The van der Waals surface area contributed by atoms with Crippen molar-refractivity contribution in [3.05, 3.63) is 0 Å². The Morgan fingerprint density at radius 3 is 1.25 bits per heavy atom. The Labute approximate surface area is 139 Å². The molecule has 0 aliphatic heterocycles. The van der Waals surface area contributed by atoms with Crippen molar-refractivity contribution in [2.75, 3.05) is 43.4 Å². The van der Waals surface area contributed by atoms with Gasteiger partial charge in [-0.3, -0.25) is 0 Å². The maximum absolute atomic E-state index is 4.10. The van der Waals surface area contributed by atoms with Crippen LogP contribution in [0.2, 0.25) is 0 Å². The van der Waals surface area contributed by atoms with E-state index in [1.807, 2.05) is 47.0 Å². The standard InChI is InChI=1S/C5H12S4.C3H8S4/c6-1-3-8-5-9-4-2-7;4-1-6-3-7-2-5/h6-7H,1-5H2;4-5H,1-3H2. The van der Waals surface area contributed by atoms with Crippen LogP contribution in [0.3, 0.4) is 0 Å². The molecule has 16 heavy (non-hydrogen) atoms. The van der Waals surface area contributed by atoms with E-state index >= 15 is 0 Å². The second-order valence-electron chi connectivity index (χ2n) is 2.17. The molecule has 8 heteroatoms. The summed E-state index contributed by atoms with van der Waals surface area (Å²) in [5, 5.41) is 4.15. The summed E-state index contributed by atoms with van der Waals surface area (Å²) in [5.74, 6) is 4.32. The van der Waals surface area contributed by atoms with Gasteiger partial charge in [-0.2, -0.15) is 74.0 Å². The molecule has 0 spiro atoms. The zero-order chi connectivity index (χ0) is 12.5. The van der Waals surface area contributed by atoms with E-state index in [9.17, 15) is 0 Å². The summed E-state index contributed by atoms with van der Waals surface area (Å²) in [6.45, 7) is 0. The van der Waals surface area contributed by atoms with E-state index < -0.39 is 0 Å². The number of hydrogen-bond acceptors (Lipinski definition) is 8. The Bertz CT molecular complexity index is 92.0. The van der Waals surface area contributed by atoms with Gasteiger partial charge in [0.1, 0.15) is 0 Å². The maximum atomic E-state index is 4.10. The molecule has 0 atom stereocenters. The minimum absolute atomic E-state index is 0.917. The molecule has 0 rings (SSSR count). The summed E-state index contributed by atoms with van der Waals surface area (Å²) in [6, 6.07) is 0. The maximum Gasteiger partial charge on any atom is 0.0408 e. The van der Waals surface area contributed by atoms with Crippen LogP contribution in [0.4, 0.5) is 0 Å². The first-order valence-electron chi connectivity index (χ1n) is 4.57. The third-order valence-corrected chi connectivity index (χ3v) is 7.15. The van der Waals surface area contributed by atoms with E-state index in [-0.39, 0.29) is 0 Å². The van der Waals surface area contributed by atoms with E-state index in [0.717, 1.165) is 26.8 Å². The van der Waals surface area contributed by atoms with Gasteiger partial charge in [0.25, 0.3) is 0 Å². The van der Waals surface area contributed by atoms with Gasteiger partial charge in [-0.15, -0.1) is 23.5 Å². The van der Waals surface area contributed by atoms with Gasteiger partial charge in [0.05, 0.1) is 0 Å². The van der Waals surface area contributed by atoms with Gasteiger partial charge in [0, 0.05) is 31.8 Å². The fourth-order valence-corrected chi connectivity index (χ4v) is 5.30. The summed E-state index contributed by atoms with van der Waals surface area (Å²) in [7, 11) is 0. The summed E-state index contributed by atoms with van der Waals surface area (Å²) >= 11 is 23.8. The van der Waals surface area contributed by atoms with Crippen molar-refractivity contribution in [2.24, 2.45) is 0 Å². The van der Waals surface area contributed by atoms with E-state index in [1.165, 1.54) is 16.6 Å². The van der Waals surface area contributed by atoms with Crippen LogP contribution in [0.25, 0.3) is 0 Å². The molecule has 0 amide bonds. The van der Waals surface area contributed by atoms with Crippen molar-refractivity contribution < 1.29 is 0 Å². The first-order chi connectivity index (χ1) is 7.83. The van der Waals surface area contributed by atoms with Crippen molar-refractivity contribution in [3.8, 4) is 0 Å². The zero-order valence-electron chi connectivity index (χ0n) is 9.08. The molecule has 0 aliphatic rings. The first kappa shape index (κ1) is 21.1. The van der Waals surface area contributed by atoms with Gasteiger partial charge in [-0.05, 0) is 11.5 Å². The molecule has 0 saturated carbocycles. The van der Waals surface area contributed by atoms with Gasteiger partial charge in [-0.25, -0.2) is 0 Å². The summed E-state index contributed by atoms with van der Waals surface area (Å²) in [6.07, 6.45) is 0. The minimum atomic E-state index is 0.917. The molecule has 0 heterocycles. The monoisotopic (exact) mass is 372 g/mol. The highest BCUT2D eigenvalue weighted by molar-refractivity contribution is 8.22. The number of hydrogen-bond donors (Lipinski definition) is 4. The number of rotatable bonds is 10. The molecule has 0 fully saturated rings. The van der Waals surface area contributed by atoms with Gasteiger partial charge < -0.3 is 0 Å². The molecular weight excluding hydrogens is 353 g/mol. The molecular formula is C8H20S8. The normalized spacial score (nSPS) is 9.75. The van der Waals surface area contributed by atoms with Gasteiger partial charge in [0.15, 0.2) is 0 Å². The van der Waals surface area contributed by atoms with E-state index in [0.29, 0.717) is 0 Å². The topological polar surface area (TPSA) is 0 Å². The third-order valence-electron chi connectivity index (χ3n) is 0.987. The summed E-state index contributed by atoms with van der Waals surface area (Å²) in [5.41, 5.74) is 0. The summed E-state index contributed by atoms with van der Waals surface area (Å²) in [4.78, 5) is 0. The SMILES string of the molecule is SCCSCSCCS.SCSCSCS. The Balaban J connectivity index is 0. The van der Waals surface area contributed by atoms with E-state index in [1.54, 1.807) is 0 Å². The molecule has 0 saturated heterocycles. The lowest BCUT2D eigenvalue weighted by Gasteiger charge is -1.96. The zero-order valence-corrected chi connectivity index (χ0v) is 15.9. The van der Waals surface area contributed by atoms with Crippen LogP contribution in [0.5, 0.6) is 0 Å². The van der Waals surface area contributed by atoms with Gasteiger partial charge >= 0.3 is 0 Å². The second-order valence-corrected chi connectivity index (χ2v) is 9.46. The van der Waals surface area contributed by atoms with Crippen LogP contribution in [-0.4, -0.2) is 43.4 Å². The molecule has 0 nitrogen and oxygen atoms in total. The lowest BCUT2D eigenvalue weighted by molar-refractivity contribution is 1.56. The lowest BCUT2D eigenvalue weighted by Crippen LogP contribution is -1.83. The Morgan fingerprint density at radius 2 is 0.938 bits per heavy atom. The highest BCUT2D eigenvalue weighted by Gasteiger charge is 1.86. The van der Waals surface area contributed by atoms with E-state index in [2.05, 4.69) is 50.5 Å². The van der Waals surface area contributed by atoms with Gasteiger partial charge in [0.2, 0.25) is 0 Å².